The molecule has 0 aliphatic carbocycles. The Bertz CT molecular complexity index is 75.4. The first-order valence-corrected chi connectivity index (χ1v) is 2.09. The van der Waals surface area contributed by atoms with Crippen LogP contribution in [-0.4, -0.2) is 37.0 Å². The zero-order valence-corrected chi connectivity index (χ0v) is 7.96. The zero-order valence-electron chi connectivity index (χ0n) is 5.10. The Balaban J connectivity index is -0.000000180. The molecule has 0 aromatic heterocycles. The molecule has 1 atom stereocenters. The third-order valence-corrected chi connectivity index (χ3v) is 0.604. The van der Waals surface area contributed by atoms with Gasteiger partial charge in [-0.2, -0.15) is 0 Å². The number of rotatable bonds is 1. The summed E-state index contributed by atoms with van der Waals surface area (Å²) in [6.45, 7) is 5.12. The normalized spacial score (nSPS) is 8.00. The van der Waals surface area contributed by atoms with E-state index in [0.29, 0.717) is 0 Å². The molecule has 5 radical (unpaired) electrons. The minimum absolute atomic E-state index is 0. The average Bonchev–Trinajstić information content (AvgIpc) is 1.65. The fourth-order valence-electron chi connectivity index (χ4n) is 0.201. The molecule has 0 aromatic carbocycles. The number of carbonyl (C=O) groups is 1. The second kappa shape index (κ2) is 5.41. The van der Waals surface area contributed by atoms with E-state index < -0.39 is 0 Å². The largest absolute Gasteiger partial charge is 0.469 e. The van der Waals surface area contributed by atoms with Crippen molar-refractivity contribution in [1.82, 2.24) is 0 Å². The number of esters is 1. The Morgan fingerprint density at radius 1 is 1.88 bits per heavy atom. The van der Waals surface area contributed by atoms with E-state index in [-0.39, 0.29) is 37.2 Å². The van der Waals surface area contributed by atoms with E-state index in [1.807, 2.05) is 0 Å². The molecular weight excluding hydrogens is 211 g/mol. The molecule has 0 spiro atoms. The summed E-state index contributed by atoms with van der Waals surface area (Å²) in [5, 5.41) is 0. The van der Waals surface area contributed by atoms with Crippen LogP contribution in [0.4, 0.5) is 0 Å². The Labute approximate surface area is 68.0 Å². The van der Waals surface area contributed by atoms with Gasteiger partial charge in [-0.05, 0) is 6.92 Å². The molecule has 0 aliphatic rings. The van der Waals surface area contributed by atoms with Gasteiger partial charge in [-0.25, -0.2) is 0 Å². The zero-order chi connectivity index (χ0) is 5.86. The van der Waals surface area contributed by atoms with Gasteiger partial charge >= 0.3 is 5.97 Å². The molecule has 0 aliphatic heterocycles. The van der Waals surface area contributed by atoms with Crippen molar-refractivity contribution in [1.29, 1.82) is 0 Å². The summed E-state index contributed by atoms with van der Waals surface area (Å²) in [5.74, 6) is -0.509. The molecule has 0 amide bonds. The van der Waals surface area contributed by atoms with Gasteiger partial charge in [-0.15, -0.1) is 0 Å². The van der Waals surface area contributed by atoms with Gasteiger partial charge < -0.3 is 4.74 Å². The Hall–Kier alpha value is 0.269. The fraction of sp³-hybridized carbons (Fsp3) is 0.600. The summed E-state index contributed by atoms with van der Waals surface area (Å²) < 4.78 is 4.31. The maximum atomic E-state index is 10.2. The molecule has 0 bridgehead atoms. The van der Waals surface area contributed by atoms with Crippen molar-refractivity contribution in [3.8, 4) is 0 Å². The van der Waals surface area contributed by atoms with E-state index in [9.17, 15) is 4.79 Å². The standard InChI is InChI=1S/C5H9O2.Sn.H2/c1-4(2)5(6)7-3;;/h4H,1H2,2-3H3;;1H. The van der Waals surface area contributed by atoms with Gasteiger partial charge in [0.1, 0.15) is 0 Å². The van der Waals surface area contributed by atoms with Gasteiger partial charge in [-0.1, -0.05) is 6.92 Å². The van der Waals surface area contributed by atoms with E-state index in [2.05, 4.69) is 11.7 Å². The fourth-order valence-corrected chi connectivity index (χ4v) is 0.201. The van der Waals surface area contributed by atoms with Crippen LogP contribution < -0.4 is 0 Å². The maximum Gasteiger partial charge on any atom is 0.308 e. The first-order chi connectivity index (χ1) is 3.18. The third-order valence-electron chi connectivity index (χ3n) is 0.604. The van der Waals surface area contributed by atoms with Gasteiger partial charge in [-0.3, -0.25) is 4.79 Å². The summed E-state index contributed by atoms with van der Waals surface area (Å²) in [6, 6.07) is 0. The van der Waals surface area contributed by atoms with Crippen molar-refractivity contribution in [2.45, 2.75) is 6.92 Å². The molecule has 47 valence electrons. The summed E-state index contributed by atoms with van der Waals surface area (Å²) in [4.78, 5) is 10.2. The quantitative estimate of drug-likeness (QED) is 0.476. The van der Waals surface area contributed by atoms with Crippen LogP contribution in [0, 0.1) is 12.8 Å². The number of carbonyl (C=O) groups excluding carboxylic acids is 1. The number of ether oxygens (including phenoxy) is 1. The molecule has 8 heavy (non-hydrogen) atoms. The first kappa shape index (κ1) is 11.1. The second-order valence-corrected chi connectivity index (χ2v) is 1.42. The van der Waals surface area contributed by atoms with Crippen LogP contribution in [0.5, 0.6) is 0 Å². The molecule has 3 heteroatoms. The van der Waals surface area contributed by atoms with Crippen LogP contribution in [0.25, 0.3) is 0 Å². The maximum absolute atomic E-state index is 10.2. The van der Waals surface area contributed by atoms with E-state index in [1.165, 1.54) is 7.11 Å². The third kappa shape index (κ3) is 4.43. The number of hydrogen-bond acceptors (Lipinski definition) is 2. The monoisotopic (exact) mass is 223 g/mol. The van der Waals surface area contributed by atoms with Crippen LogP contribution in [0.3, 0.4) is 0 Å². The molecule has 0 N–H and O–H groups in total. The predicted molar refractivity (Wildman–Crippen MR) is 34.4 cm³/mol. The van der Waals surface area contributed by atoms with Crippen LogP contribution in [0.2, 0.25) is 0 Å². The Kier molecular flexibility index (Phi) is 7.51. The van der Waals surface area contributed by atoms with E-state index in [4.69, 9.17) is 0 Å². The van der Waals surface area contributed by atoms with Crippen LogP contribution in [-0.2, 0) is 9.53 Å². The van der Waals surface area contributed by atoms with Crippen molar-refractivity contribution in [2.75, 3.05) is 7.11 Å². The van der Waals surface area contributed by atoms with Crippen molar-refractivity contribution < 1.29 is 11.0 Å². The smallest absolute Gasteiger partial charge is 0.308 e. The molecular formula is C5H11O2Sn. The van der Waals surface area contributed by atoms with Crippen molar-refractivity contribution in [3.05, 3.63) is 6.92 Å². The molecule has 0 saturated carbocycles. The van der Waals surface area contributed by atoms with Gasteiger partial charge in [0.25, 0.3) is 0 Å². The molecule has 0 fully saturated rings. The van der Waals surface area contributed by atoms with Crippen molar-refractivity contribution in [2.24, 2.45) is 5.92 Å². The Morgan fingerprint density at radius 3 is 2.25 bits per heavy atom. The van der Waals surface area contributed by atoms with E-state index in [1.54, 1.807) is 6.92 Å². The SMILES string of the molecule is [CH2]C(C)C(=O)OC.[HH].[Sn]. The molecule has 0 rings (SSSR count). The van der Waals surface area contributed by atoms with Crippen LogP contribution in [0.15, 0.2) is 0 Å². The molecule has 1 unspecified atom stereocenters. The van der Waals surface area contributed by atoms with E-state index in [0.717, 1.165) is 0 Å². The molecule has 0 heterocycles. The summed E-state index contributed by atoms with van der Waals surface area (Å²) in [5.41, 5.74) is 0. The van der Waals surface area contributed by atoms with E-state index >= 15 is 0 Å². The second-order valence-electron chi connectivity index (χ2n) is 1.42. The van der Waals surface area contributed by atoms with Gasteiger partial charge in [0.15, 0.2) is 0 Å². The first-order valence-electron chi connectivity index (χ1n) is 2.09. The van der Waals surface area contributed by atoms with Crippen molar-refractivity contribution >= 4 is 29.9 Å². The minimum atomic E-state index is -0.264. The van der Waals surface area contributed by atoms with Gasteiger partial charge in [0.05, 0.1) is 13.0 Å². The summed E-state index contributed by atoms with van der Waals surface area (Å²) in [6.07, 6.45) is 0. The van der Waals surface area contributed by atoms with Crippen LogP contribution >= 0.6 is 0 Å². The minimum Gasteiger partial charge on any atom is -0.469 e. The Morgan fingerprint density at radius 2 is 2.25 bits per heavy atom. The van der Waals surface area contributed by atoms with Crippen LogP contribution in [0.1, 0.15) is 8.35 Å². The van der Waals surface area contributed by atoms with Crippen molar-refractivity contribution in [3.63, 3.8) is 0 Å². The molecule has 0 aromatic rings. The number of hydrogen-bond donors (Lipinski definition) is 0. The molecule has 0 saturated heterocycles. The summed E-state index contributed by atoms with van der Waals surface area (Å²) in [7, 11) is 1.35. The predicted octanol–water partition coefficient (Wildman–Crippen LogP) is 0.495. The molecule has 2 nitrogen and oxygen atoms in total. The van der Waals surface area contributed by atoms with Gasteiger partial charge in [0, 0.05) is 25.3 Å². The average molecular weight is 222 g/mol. The van der Waals surface area contributed by atoms with Gasteiger partial charge in [0.2, 0.25) is 0 Å². The summed E-state index contributed by atoms with van der Waals surface area (Å²) >= 11 is 0. The topological polar surface area (TPSA) is 26.3 Å². The number of methoxy groups -OCH3 is 1.